The van der Waals surface area contributed by atoms with Crippen LogP contribution in [0, 0.1) is 0 Å². The molecular weight excluding hydrogens is 335 g/mol. The molecule has 2 aromatic rings. The Morgan fingerprint density at radius 2 is 1.72 bits per heavy atom. The summed E-state index contributed by atoms with van der Waals surface area (Å²) in [6, 6.07) is 13.3. The van der Waals surface area contributed by atoms with E-state index in [2.05, 4.69) is 15.9 Å². The topological polar surface area (TPSA) is 9.23 Å². The highest BCUT2D eigenvalue weighted by Gasteiger charge is 2.02. The van der Waals surface area contributed by atoms with Crippen LogP contribution in [-0.4, -0.2) is 0 Å². The van der Waals surface area contributed by atoms with Crippen LogP contribution >= 0.6 is 39.1 Å². The first-order valence-corrected chi connectivity index (χ1v) is 7.28. The Morgan fingerprint density at radius 1 is 1.00 bits per heavy atom. The average Bonchev–Trinajstić information content (AvgIpc) is 2.40. The molecule has 18 heavy (non-hydrogen) atoms. The van der Waals surface area contributed by atoms with E-state index in [4.69, 9.17) is 27.9 Å². The number of hydrogen-bond acceptors (Lipinski definition) is 1. The van der Waals surface area contributed by atoms with Gasteiger partial charge >= 0.3 is 0 Å². The molecule has 0 amide bonds. The van der Waals surface area contributed by atoms with Crippen molar-refractivity contribution in [3.63, 3.8) is 0 Å². The standard InChI is InChI=1S/C14H11BrCl2O/c15-8-10-1-4-13(5-2-10)18-9-11-7-12(16)3-6-14(11)17/h1-7H,8-9H2. The zero-order valence-corrected chi connectivity index (χ0v) is 12.6. The third kappa shape index (κ3) is 3.64. The molecule has 0 aliphatic carbocycles. The van der Waals surface area contributed by atoms with Gasteiger partial charge in [-0.05, 0) is 35.9 Å². The monoisotopic (exact) mass is 344 g/mol. The van der Waals surface area contributed by atoms with Gasteiger partial charge in [0.1, 0.15) is 12.4 Å². The largest absolute Gasteiger partial charge is 0.489 e. The van der Waals surface area contributed by atoms with E-state index in [9.17, 15) is 0 Å². The summed E-state index contributed by atoms with van der Waals surface area (Å²) in [5.74, 6) is 0.816. The number of halogens is 3. The molecule has 0 atom stereocenters. The summed E-state index contributed by atoms with van der Waals surface area (Å²) in [6.45, 7) is 0.410. The van der Waals surface area contributed by atoms with E-state index in [0.717, 1.165) is 16.6 Å². The lowest BCUT2D eigenvalue weighted by atomic mass is 10.2. The van der Waals surface area contributed by atoms with Crippen molar-refractivity contribution in [3.05, 3.63) is 63.6 Å². The van der Waals surface area contributed by atoms with Crippen LogP contribution in [0.5, 0.6) is 5.75 Å². The Balaban J connectivity index is 2.04. The van der Waals surface area contributed by atoms with Crippen LogP contribution in [0.2, 0.25) is 10.0 Å². The van der Waals surface area contributed by atoms with E-state index in [-0.39, 0.29) is 0 Å². The molecule has 0 unspecified atom stereocenters. The maximum Gasteiger partial charge on any atom is 0.119 e. The molecule has 1 nitrogen and oxygen atoms in total. The van der Waals surface area contributed by atoms with Gasteiger partial charge in [0, 0.05) is 20.9 Å². The summed E-state index contributed by atoms with van der Waals surface area (Å²) >= 11 is 15.4. The van der Waals surface area contributed by atoms with Crippen molar-refractivity contribution in [2.45, 2.75) is 11.9 Å². The van der Waals surface area contributed by atoms with Gasteiger partial charge in [-0.3, -0.25) is 0 Å². The lowest BCUT2D eigenvalue weighted by Gasteiger charge is -2.08. The number of rotatable bonds is 4. The lowest BCUT2D eigenvalue weighted by molar-refractivity contribution is 0.306. The first kappa shape index (κ1) is 13.7. The van der Waals surface area contributed by atoms with Gasteiger partial charge in [0.25, 0.3) is 0 Å². The molecule has 94 valence electrons. The van der Waals surface area contributed by atoms with Crippen molar-refractivity contribution in [2.24, 2.45) is 0 Å². The molecule has 0 aliphatic heterocycles. The molecule has 0 heterocycles. The first-order chi connectivity index (χ1) is 8.69. The second kappa shape index (κ2) is 6.46. The van der Waals surface area contributed by atoms with Crippen molar-refractivity contribution in [1.29, 1.82) is 0 Å². The van der Waals surface area contributed by atoms with E-state index in [1.807, 2.05) is 30.3 Å². The molecule has 0 saturated carbocycles. The summed E-state index contributed by atoms with van der Waals surface area (Å²) in [5, 5.41) is 2.16. The number of alkyl halides is 1. The van der Waals surface area contributed by atoms with E-state index in [1.54, 1.807) is 12.1 Å². The van der Waals surface area contributed by atoms with Crippen molar-refractivity contribution in [3.8, 4) is 5.75 Å². The number of benzene rings is 2. The average molecular weight is 346 g/mol. The predicted octanol–water partition coefficient (Wildman–Crippen LogP) is 5.47. The molecule has 0 aliphatic rings. The summed E-state index contributed by atoms with van der Waals surface area (Å²) < 4.78 is 5.67. The molecule has 2 rings (SSSR count). The highest BCUT2D eigenvalue weighted by atomic mass is 79.9. The Bertz CT molecular complexity index is 526. The molecule has 0 fully saturated rings. The second-order valence-corrected chi connectivity index (χ2v) is 5.21. The zero-order chi connectivity index (χ0) is 13.0. The number of ether oxygens (including phenoxy) is 1. The van der Waals surface area contributed by atoms with Gasteiger partial charge in [-0.1, -0.05) is 51.3 Å². The molecule has 4 heteroatoms. The molecule has 0 aromatic heterocycles. The van der Waals surface area contributed by atoms with Crippen LogP contribution in [0.4, 0.5) is 0 Å². The fraction of sp³-hybridized carbons (Fsp3) is 0.143. The Kier molecular flexibility index (Phi) is 4.93. The zero-order valence-electron chi connectivity index (χ0n) is 9.50. The molecular formula is C14H11BrCl2O. The molecule has 2 aromatic carbocycles. The summed E-state index contributed by atoms with van der Waals surface area (Å²) in [6.07, 6.45) is 0. The highest BCUT2D eigenvalue weighted by molar-refractivity contribution is 9.08. The summed E-state index contributed by atoms with van der Waals surface area (Å²) in [5.41, 5.74) is 2.09. The van der Waals surface area contributed by atoms with Crippen molar-refractivity contribution in [1.82, 2.24) is 0 Å². The third-order valence-corrected chi connectivity index (χ3v) is 3.73. The van der Waals surface area contributed by atoms with Crippen LogP contribution in [0.25, 0.3) is 0 Å². The quantitative estimate of drug-likeness (QED) is 0.668. The maximum atomic E-state index is 6.07. The fourth-order valence-electron chi connectivity index (χ4n) is 1.49. The molecule has 0 radical (unpaired) electrons. The molecule has 0 spiro atoms. The molecule has 0 saturated heterocycles. The Labute approximate surface area is 125 Å². The minimum atomic E-state index is 0.410. The van der Waals surface area contributed by atoms with Crippen LogP contribution in [0.1, 0.15) is 11.1 Å². The van der Waals surface area contributed by atoms with Crippen molar-refractivity contribution in [2.75, 3.05) is 0 Å². The van der Waals surface area contributed by atoms with Crippen LogP contribution in [-0.2, 0) is 11.9 Å². The van der Waals surface area contributed by atoms with Crippen molar-refractivity contribution >= 4 is 39.1 Å². The maximum absolute atomic E-state index is 6.07. The summed E-state index contributed by atoms with van der Waals surface area (Å²) in [4.78, 5) is 0. The predicted molar refractivity (Wildman–Crippen MR) is 79.9 cm³/mol. The van der Waals surface area contributed by atoms with E-state index in [1.165, 1.54) is 5.56 Å². The number of hydrogen-bond donors (Lipinski definition) is 0. The van der Waals surface area contributed by atoms with E-state index >= 15 is 0 Å². The minimum absolute atomic E-state index is 0.410. The Hall–Kier alpha value is -0.700. The van der Waals surface area contributed by atoms with E-state index in [0.29, 0.717) is 16.7 Å². The van der Waals surface area contributed by atoms with Crippen LogP contribution in [0.15, 0.2) is 42.5 Å². The van der Waals surface area contributed by atoms with Gasteiger partial charge < -0.3 is 4.74 Å². The minimum Gasteiger partial charge on any atom is -0.489 e. The smallest absolute Gasteiger partial charge is 0.119 e. The SMILES string of the molecule is Clc1ccc(Cl)c(COc2ccc(CBr)cc2)c1. The lowest BCUT2D eigenvalue weighted by Crippen LogP contribution is -1.96. The highest BCUT2D eigenvalue weighted by Crippen LogP contribution is 2.22. The molecule has 0 N–H and O–H groups in total. The summed E-state index contributed by atoms with van der Waals surface area (Å²) in [7, 11) is 0. The van der Waals surface area contributed by atoms with E-state index < -0.39 is 0 Å². The van der Waals surface area contributed by atoms with Crippen LogP contribution < -0.4 is 4.74 Å². The van der Waals surface area contributed by atoms with Crippen LogP contribution in [0.3, 0.4) is 0 Å². The van der Waals surface area contributed by atoms with Gasteiger partial charge in [0.05, 0.1) is 0 Å². The third-order valence-electron chi connectivity index (χ3n) is 2.48. The van der Waals surface area contributed by atoms with Gasteiger partial charge in [0.2, 0.25) is 0 Å². The Morgan fingerprint density at radius 3 is 2.39 bits per heavy atom. The van der Waals surface area contributed by atoms with Gasteiger partial charge in [0.15, 0.2) is 0 Å². The normalized spacial score (nSPS) is 10.4. The fourth-order valence-corrected chi connectivity index (χ4v) is 2.23. The van der Waals surface area contributed by atoms with Crippen molar-refractivity contribution < 1.29 is 4.74 Å². The molecule has 0 bridgehead atoms. The first-order valence-electron chi connectivity index (χ1n) is 5.40. The van der Waals surface area contributed by atoms with Gasteiger partial charge in [-0.15, -0.1) is 0 Å². The van der Waals surface area contributed by atoms with Gasteiger partial charge in [-0.25, -0.2) is 0 Å². The second-order valence-electron chi connectivity index (χ2n) is 3.80. The van der Waals surface area contributed by atoms with Gasteiger partial charge in [-0.2, -0.15) is 0 Å².